The summed E-state index contributed by atoms with van der Waals surface area (Å²) in [4.78, 5) is 26.7. The largest absolute Gasteiger partial charge is 0.467 e. The van der Waals surface area contributed by atoms with Crippen LogP contribution < -0.4 is 14.8 Å². The van der Waals surface area contributed by atoms with E-state index in [0.29, 0.717) is 5.82 Å². The fourth-order valence-corrected chi connectivity index (χ4v) is 2.29. The molecule has 2 N–H and O–H groups in total. The van der Waals surface area contributed by atoms with E-state index in [2.05, 4.69) is 25.3 Å². The molecular formula is C11H12N6O4S. The summed E-state index contributed by atoms with van der Waals surface area (Å²) in [6.45, 7) is 1.57. The minimum Gasteiger partial charge on any atom is -0.467 e. The molecule has 0 saturated carbocycles. The van der Waals surface area contributed by atoms with Crippen LogP contribution in [-0.4, -0.2) is 41.5 Å². The van der Waals surface area contributed by atoms with Gasteiger partial charge in [0.1, 0.15) is 10.7 Å². The number of aromatic nitrogens is 4. The predicted octanol–water partition coefficient (Wildman–Crippen LogP) is 0.0940. The van der Waals surface area contributed by atoms with Crippen molar-refractivity contribution in [2.75, 3.05) is 12.4 Å². The zero-order chi connectivity index (χ0) is 16.2. The lowest BCUT2D eigenvalue weighted by atomic mass is 10.5. The van der Waals surface area contributed by atoms with Gasteiger partial charge in [0, 0.05) is 12.4 Å². The number of aryl methyl sites for hydroxylation is 1. The maximum atomic E-state index is 11.9. The van der Waals surface area contributed by atoms with E-state index < -0.39 is 16.1 Å². The number of pyridine rings is 1. The molecule has 0 saturated heterocycles. The Bertz CT molecular complexity index is 780. The number of amides is 2. The van der Waals surface area contributed by atoms with Crippen molar-refractivity contribution in [2.45, 2.75) is 11.8 Å². The maximum Gasteiger partial charge on any atom is 0.335 e. The zero-order valence-electron chi connectivity index (χ0n) is 11.6. The van der Waals surface area contributed by atoms with Gasteiger partial charge in [0.05, 0.1) is 7.11 Å². The second-order valence-electron chi connectivity index (χ2n) is 3.94. The number of nitrogens with zero attached hydrogens (tertiary/aromatic N) is 4. The topological polar surface area (TPSA) is 136 Å². The number of methoxy groups -OCH3 is 1. The standard InChI is InChI=1S/C11H12N6O4S/c1-7-13-9(16-11(14-7)21-2)15-10(18)17-22(19,20)8-4-3-5-12-6-8/h3-6H,1-2H3,(H2,13,14,15,16,17,18). The number of hydrogen-bond donors (Lipinski definition) is 2. The smallest absolute Gasteiger partial charge is 0.335 e. The first-order valence-corrected chi connectivity index (χ1v) is 7.39. The van der Waals surface area contributed by atoms with Crippen LogP contribution in [-0.2, 0) is 10.0 Å². The Morgan fingerprint density at radius 3 is 2.68 bits per heavy atom. The van der Waals surface area contributed by atoms with Gasteiger partial charge >= 0.3 is 12.0 Å². The fourth-order valence-electron chi connectivity index (χ4n) is 1.42. The Labute approximate surface area is 126 Å². The number of urea groups is 1. The third-order valence-corrected chi connectivity index (χ3v) is 3.62. The first-order chi connectivity index (χ1) is 10.4. The molecule has 116 valence electrons. The van der Waals surface area contributed by atoms with Crippen molar-refractivity contribution in [1.82, 2.24) is 24.7 Å². The second kappa shape index (κ2) is 6.30. The number of ether oxygens (including phenoxy) is 1. The first-order valence-electron chi connectivity index (χ1n) is 5.91. The molecule has 0 bridgehead atoms. The Balaban J connectivity index is 2.12. The van der Waals surface area contributed by atoms with Gasteiger partial charge in [-0.15, -0.1) is 0 Å². The molecule has 2 heterocycles. The van der Waals surface area contributed by atoms with Gasteiger partial charge in [0.15, 0.2) is 0 Å². The molecule has 2 amide bonds. The van der Waals surface area contributed by atoms with Gasteiger partial charge in [0.25, 0.3) is 10.0 Å². The first kappa shape index (κ1) is 15.6. The molecule has 0 radical (unpaired) electrons. The molecule has 0 aliphatic carbocycles. The lowest BCUT2D eigenvalue weighted by Crippen LogP contribution is -2.35. The highest BCUT2D eigenvalue weighted by atomic mass is 32.2. The Kier molecular flexibility index (Phi) is 4.46. The monoisotopic (exact) mass is 324 g/mol. The van der Waals surface area contributed by atoms with Crippen LogP contribution in [0.3, 0.4) is 0 Å². The summed E-state index contributed by atoms with van der Waals surface area (Å²) in [5.41, 5.74) is 0. The molecule has 0 fully saturated rings. The van der Waals surface area contributed by atoms with Gasteiger partial charge in [-0.2, -0.15) is 15.0 Å². The van der Waals surface area contributed by atoms with E-state index in [-0.39, 0.29) is 16.9 Å². The maximum absolute atomic E-state index is 11.9. The minimum absolute atomic E-state index is 0.00193. The van der Waals surface area contributed by atoms with Crippen LogP contribution in [0.4, 0.5) is 10.7 Å². The number of carbonyl (C=O) groups is 1. The van der Waals surface area contributed by atoms with E-state index >= 15 is 0 Å². The van der Waals surface area contributed by atoms with Crippen LogP contribution in [0.1, 0.15) is 5.82 Å². The van der Waals surface area contributed by atoms with Gasteiger partial charge in [-0.1, -0.05) is 0 Å². The van der Waals surface area contributed by atoms with E-state index in [0.717, 1.165) is 6.20 Å². The molecule has 10 nitrogen and oxygen atoms in total. The van der Waals surface area contributed by atoms with Crippen LogP contribution in [0.15, 0.2) is 29.4 Å². The van der Waals surface area contributed by atoms with E-state index in [1.54, 1.807) is 6.92 Å². The fraction of sp³-hybridized carbons (Fsp3) is 0.182. The molecule has 0 unspecified atom stereocenters. The van der Waals surface area contributed by atoms with Crippen LogP contribution in [0.25, 0.3) is 0 Å². The molecule has 0 aliphatic rings. The summed E-state index contributed by atoms with van der Waals surface area (Å²) in [6, 6.07) is 1.72. The van der Waals surface area contributed by atoms with Crippen molar-refractivity contribution in [2.24, 2.45) is 0 Å². The average molecular weight is 324 g/mol. The molecule has 2 rings (SSSR count). The lowest BCUT2D eigenvalue weighted by molar-refractivity contribution is 0.256. The Hall–Kier alpha value is -2.82. The molecular weight excluding hydrogens is 312 g/mol. The summed E-state index contributed by atoms with van der Waals surface area (Å²) in [5.74, 6) is 0.167. The number of carbonyl (C=O) groups excluding carboxylic acids is 1. The second-order valence-corrected chi connectivity index (χ2v) is 5.62. The van der Waals surface area contributed by atoms with Crippen molar-refractivity contribution < 1.29 is 17.9 Å². The van der Waals surface area contributed by atoms with Crippen molar-refractivity contribution >= 4 is 22.0 Å². The summed E-state index contributed by atoms with van der Waals surface area (Å²) < 4.78 is 30.5. The highest BCUT2D eigenvalue weighted by Gasteiger charge is 2.18. The Morgan fingerprint density at radius 1 is 1.27 bits per heavy atom. The molecule has 0 aliphatic heterocycles. The summed E-state index contributed by atoms with van der Waals surface area (Å²) in [6.07, 6.45) is 2.53. The van der Waals surface area contributed by atoms with E-state index in [9.17, 15) is 13.2 Å². The number of hydrogen-bond acceptors (Lipinski definition) is 8. The summed E-state index contributed by atoms with van der Waals surface area (Å²) in [7, 11) is -2.68. The quantitative estimate of drug-likeness (QED) is 0.807. The number of anilines is 1. The SMILES string of the molecule is COc1nc(C)nc(NC(=O)NS(=O)(=O)c2cccnc2)n1. The lowest BCUT2D eigenvalue weighted by Gasteiger charge is -2.08. The molecule has 2 aromatic rings. The highest BCUT2D eigenvalue weighted by molar-refractivity contribution is 7.90. The van der Waals surface area contributed by atoms with Crippen molar-refractivity contribution in [1.29, 1.82) is 0 Å². The molecule has 0 atom stereocenters. The van der Waals surface area contributed by atoms with E-state index in [1.807, 2.05) is 4.72 Å². The van der Waals surface area contributed by atoms with Gasteiger partial charge in [-0.25, -0.2) is 17.9 Å². The van der Waals surface area contributed by atoms with Gasteiger partial charge in [0.2, 0.25) is 5.95 Å². The Morgan fingerprint density at radius 2 is 2.05 bits per heavy atom. The summed E-state index contributed by atoms with van der Waals surface area (Å²) in [5, 5.41) is 2.19. The zero-order valence-corrected chi connectivity index (χ0v) is 12.5. The number of nitrogens with one attached hydrogen (secondary N) is 2. The van der Waals surface area contributed by atoms with Crippen LogP contribution in [0.2, 0.25) is 0 Å². The minimum atomic E-state index is -4.03. The van der Waals surface area contributed by atoms with E-state index in [4.69, 9.17) is 4.74 Å². The van der Waals surface area contributed by atoms with Crippen molar-refractivity contribution in [3.8, 4) is 6.01 Å². The third-order valence-electron chi connectivity index (χ3n) is 2.31. The average Bonchev–Trinajstić information content (AvgIpc) is 2.46. The number of rotatable bonds is 4. The van der Waals surface area contributed by atoms with Crippen LogP contribution in [0.5, 0.6) is 6.01 Å². The molecule has 0 spiro atoms. The van der Waals surface area contributed by atoms with Crippen LogP contribution in [0, 0.1) is 6.92 Å². The van der Waals surface area contributed by atoms with E-state index in [1.165, 1.54) is 25.4 Å². The normalized spacial score (nSPS) is 10.8. The summed E-state index contributed by atoms with van der Waals surface area (Å²) >= 11 is 0. The molecule has 11 heteroatoms. The van der Waals surface area contributed by atoms with Crippen molar-refractivity contribution in [3.05, 3.63) is 30.4 Å². The molecule has 22 heavy (non-hydrogen) atoms. The molecule has 2 aromatic heterocycles. The van der Waals surface area contributed by atoms with Crippen molar-refractivity contribution in [3.63, 3.8) is 0 Å². The number of sulfonamides is 1. The highest BCUT2D eigenvalue weighted by Crippen LogP contribution is 2.08. The van der Waals surface area contributed by atoms with Gasteiger partial charge < -0.3 is 4.74 Å². The van der Waals surface area contributed by atoms with Crippen LogP contribution >= 0.6 is 0 Å². The van der Waals surface area contributed by atoms with Gasteiger partial charge in [-0.3, -0.25) is 10.3 Å². The third kappa shape index (κ3) is 3.85. The molecule has 0 aromatic carbocycles. The predicted molar refractivity (Wildman–Crippen MR) is 74.7 cm³/mol. The van der Waals surface area contributed by atoms with Gasteiger partial charge in [-0.05, 0) is 19.1 Å².